The number of benzene rings is 3. The number of anilines is 1. The first-order valence-electron chi connectivity index (χ1n) is 7.21. The molecule has 0 fully saturated rings. The summed E-state index contributed by atoms with van der Waals surface area (Å²) in [5.41, 5.74) is 1.95. The molecule has 0 saturated heterocycles. The van der Waals surface area contributed by atoms with Crippen LogP contribution in [0.15, 0.2) is 36.4 Å². The van der Waals surface area contributed by atoms with E-state index < -0.39 is 0 Å². The summed E-state index contributed by atoms with van der Waals surface area (Å²) in [6.45, 7) is 0.637. The summed E-state index contributed by atoms with van der Waals surface area (Å²) in [7, 11) is 1.56. The average Bonchev–Trinajstić information content (AvgIpc) is 2.56. The van der Waals surface area contributed by atoms with Crippen molar-refractivity contribution in [1.29, 1.82) is 0 Å². The van der Waals surface area contributed by atoms with Gasteiger partial charge in [-0.3, -0.25) is 4.79 Å². The molecular formula is C18H15NO3. The lowest BCUT2D eigenvalue weighted by molar-refractivity contribution is -0.107. The van der Waals surface area contributed by atoms with Crippen molar-refractivity contribution in [2.75, 3.05) is 18.6 Å². The van der Waals surface area contributed by atoms with Crippen molar-refractivity contribution in [2.24, 2.45) is 0 Å². The minimum absolute atomic E-state index is 0.132. The Morgan fingerprint density at radius 3 is 2.82 bits per heavy atom. The van der Waals surface area contributed by atoms with Crippen LogP contribution in [0.25, 0.3) is 21.5 Å². The zero-order chi connectivity index (χ0) is 15.3. The number of phenols is 1. The molecule has 3 aromatic rings. The van der Waals surface area contributed by atoms with Crippen LogP contribution in [0, 0.1) is 0 Å². The van der Waals surface area contributed by atoms with E-state index in [1.807, 2.05) is 36.4 Å². The van der Waals surface area contributed by atoms with Gasteiger partial charge in [0.15, 0.2) is 11.5 Å². The van der Waals surface area contributed by atoms with Crippen LogP contribution in [0.3, 0.4) is 0 Å². The van der Waals surface area contributed by atoms with Gasteiger partial charge in [-0.15, -0.1) is 0 Å². The number of carbonyl (C=O) groups excluding carboxylic acids is 1. The number of hydrogen-bond donors (Lipinski definition) is 1. The number of hydrogen-bond acceptors (Lipinski definition) is 3. The van der Waals surface area contributed by atoms with Crippen molar-refractivity contribution < 1.29 is 14.6 Å². The number of nitrogens with zero attached hydrogens (tertiary/aromatic N) is 1. The normalized spacial score (nSPS) is 13.6. The Hall–Kier alpha value is -2.75. The zero-order valence-electron chi connectivity index (χ0n) is 12.2. The molecule has 1 aliphatic heterocycles. The molecule has 1 N–H and O–H groups in total. The molecule has 110 valence electrons. The molecule has 0 atom stereocenters. The van der Waals surface area contributed by atoms with E-state index in [9.17, 15) is 9.90 Å². The van der Waals surface area contributed by atoms with E-state index in [1.165, 1.54) is 0 Å². The largest absolute Gasteiger partial charge is 0.504 e. The third-order valence-corrected chi connectivity index (χ3v) is 4.40. The fourth-order valence-electron chi connectivity index (χ4n) is 3.38. The summed E-state index contributed by atoms with van der Waals surface area (Å²) in [5, 5.41) is 14.3. The van der Waals surface area contributed by atoms with Gasteiger partial charge in [-0.05, 0) is 34.9 Å². The number of carbonyl (C=O) groups is 1. The summed E-state index contributed by atoms with van der Waals surface area (Å²) in [4.78, 5) is 13.1. The molecule has 0 bridgehead atoms. The Balaban J connectivity index is 2.27. The maximum atomic E-state index is 11.4. The van der Waals surface area contributed by atoms with E-state index in [0.717, 1.165) is 45.6 Å². The molecule has 4 heteroatoms. The first-order valence-corrected chi connectivity index (χ1v) is 7.21. The van der Waals surface area contributed by atoms with Crippen LogP contribution in [0.5, 0.6) is 11.5 Å². The van der Waals surface area contributed by atoms with E-state index >= 15 is 0 Å². The number of amides is 1. The number of fused-ring (bicyclic) bond motifs is 2. The summed E-state index contributed by atoms with van der Waals surface area (Å²) < 4.78 is 5.33. The van der Waals surface area contributed by atoms with E-state index in [-0.39, 0.29) is 5.75 Å². The van der Waals surface area contributed by atoms with Crippen LogP contribution in [-0.2, 0) is 11.2 Å². The third-order valence-electron chi connectivity index (χ3n) is 4.40. The van der Waals surface area contributed by atoms with Gasteiger partial charge >= 0.3 is 0 Å². The van der Waals surface area contributed by atoms with Crippen molar-refractivity contribution in [1.82, 2.24) is 0 Å². The predicted molar refractivity (Wildman–Crippen MR) is 86.8 cm³/mol. The van der Waals surface area contributed by atoms with Crippen LogP contribution >= 0.6 is 0 Å². The topological polar surface area (TPSA) is 49.8 Å². The predicted octanol–water partition coefficient (Wildman–Crippen LogP) is 3.23. The fraction of sp³-hybridized carbons (Fsp3) is 0.167. The number of methoxy groups -OCH3 is 1. The van der Waals surface area contributed by atoms with E-state index in [4.69, 9.17) is 4.74 Å². The molecule has 0 radical (unpaired) electrons. The van der Waals surface area contributed by atoms with Crippen LogP contribution in [0.2, 0.25) is 0 Å². The summed E-state index contributed by atoms with van der Waals surface area (Å²) >= 11 is 0. The number of rotatable bonds is 2. The van der Waals surface area contributed by atoms with Gasteiger partial charge < -0.3 is 14.7 Å². The van der Waals surface area contributed by atoms with Gasteiger partial charge in [-0.25, -0.2) is 0 Å². The van der Waals surface area contributed by atoms with Gasteiger partial charge in [0.1, 0.15) is 0 Å². The lowest BCUT2D eigenvalue weighted by Crippen LogP contribution is -2.27. The fourth-order valence-corrected chi connectivity index (χ4v) is 3.38. The summed E-state index contributed by atoms with van der Waals surface area (Å²) in [6, 6.07) is 11.8. The Kier molecular flexibility index (Phi) is 2.73. The molecule has 1 amide bonds. The Labute approximate surface area is 127 Å². The van der Waals surface area contributed by atoms with Gasteiger partial charge in [-0.2, -0.15) is 0 Å². The van der Waals surface area contributed by atoms with Gasteiger partial charge in [0, 0.05) is 17.3 Å². The van der Waals surface area contributed by atoms with Gasteiger partial charge in [0.25, 0.3) is 0 Å². The highest BCUT2D eigenvalue weighted by Crippen LogP contribution is 2.46. The highest BCUT2D eigenvalue weighted by molar-refractivity contribution is 6.19. The van der Waals surface area contributed by atoms with E-state index in [2.05, 4.69) is 0 Å². The Morgan fingerprint density at radius 2 is 2.05 bits per heavy atom. The molecule has 0 saturated carbocycles. The van der Waals surface area contributed by atoms with Crippen molar-refractivity contribution in [3.63, 3.8) is 0 Å². The third kappa shape index (κ3) is 1.61. The van der Waals surface area contributed by atoms with E-state index in [1.54, 1.807) is 12.0 Å². The van der Waals surface area contributed by atoms with Crippen molar-refractivity contribution >= 4 is 33.6 Å². The first-order chi connectivity index (χ1) is 10.7. The second kappa shape index (κ2) is 4.63. The lowest BCUT2D eigenvalue weighted by atomic mass is 9.91. The maximum Gasteiger partial charge on any atom is 0.214 e. The molecule has 1 heterocycles. The van der Waals surface area contributed by atoms with Crippen molar-refractivity contribution in [3.8, 4) is 11.5 Å². The number of ether oxygens (including phenoxy) is 1. The molecule has 1 aliphatic rings. The molecule has 0 aromatic heterocycles. The smallest absolute Gasteiger partial charge is 0.214 e. The van der Waals surface area contributed by atoms with Crippen LogP contribution < -0.4 is 9.64 Å². The van der Waals surface area contributed by atoms with Gasteiger partial charge in [0.2, 0.25) is 6.41 Å². The highest BCUT2D eigenvalue weighted by Gasteiger charge is 2.24. The second-order valence-corrected chi connectivity index (χ2v) is 5.50. The Morgan fingerprint density at radius 1 is 1.23 bits per heavy atom. The van der Waals surface area contributed by atoms with Crippen LogP contribution in [0.4, 0.5) is 5.69 Å². The van der Waals surface area contributed by atoms with Gasteiger partial charge in [0.05, 0.1) is 12.8 Å². The van der Waals surface area contributed by atoms with Crippen molar-refractivity contribution in [3.05, 3.63) is 42.0 Å². The first kappa shape index (κ1) is 13.0. The average molecular weight is 293 g/mol. The standard InChI is InChI=1S/C18H15NO3/c1-22-15-9-12-6-7-19(10-20)14-8-11-4-2-3-5-13(11)17(16(12)14)18(15)21/h2-5,8-10,21H,6-7H2,1H3. The molecule has 0 unspecified atom stereocenters. The molecule has 3 aromatic carbocycles. The number of aromatic hydroxyl groups is 1. The summed E-state index contributed by atoms with van der Waals surface area (Å²) in [6.07, 6.45) is 1.60. The minimum atomic E-state index is 0.132. The SMILES string of the molecule is COc1cc2c3c(cc4ccccc4c3c1O)N(C=O)CC2. The van der Waals surface area contributed by atoms with E-state index in [0.29, 0.717) is 12.3 Å². The molecular weight excluding hydrogens is 278 g/mol. The Bertz CT molecular complexity index is 917. The van der Waals surface area contributed by atoms with Gasteiger partial charge in [-0.1, -0.05) is 24.3 Å². The highest BCUT2D eigenvalue weighted by atomic mass is 16.5. The maximum absolute atomic E-state index is 11.4. The lowest BCUT2D eigenvalue weighted by Gasteiger charge is -2.28. The number of phenolic OH excluding ortho intramolecular Hbond substituents is 1. The molecule has 4 rings (SSSR count). The van der Waals surface area contributed by atoms with Crippen LogP contribution in [-0.4, -0.2) is 25.2 Å². The molecule has 0 spiro atoms. The monoisotopic (exact) mass is 293 g/mol. The zero-order valence-corrected chi connectivity index (χ0v) is 12.2. The van der Waals surface area contributed by atoms with Crippen molar-refractivity contribution in [2.45, 2.75) is 6.42 Å². The quantitative estimate of drug-likeness (QED) is 0.583. The van der Waals surface area contributed by atoms with Crippen LogP contribution in [0.1, 0.15) is 5.56 Å². The molecule has 0 aliphatic carbocycles. The molecule has 4 nitrogen and oxygen atoms in total. The molecule has 22 heavy (non-hydrogen) atoms. The summed E-state index contributed by atoms with van der Waals surface area (Å²) in [5.74, 6) is 0.608. The minimum Gasteiger partial charge on any atom is -0.504 e. The second-order valence-electron chi connectivity index (χ2n) is 5.50.